The number of amides is 1. The van der Waals surface area contributed by atoms with Crippen molar-refractivity contribution in [2.75, 3.05) is 5.32 Å². The molecule has 1 aromatic carbocycles. The van der Waals surface area contributed by atoms with E-state index in [1.807, 2.05) is 12.1 Å². The third-order valence-electron chi connectivity index (χ3n) is 2.66. The van der Waals surface area contributed by atoms with Crippen molar-refractivity contribution in [2.24, 2.45) is 0 Å². The zero-order chi connectivity index (χ0) is 14.1. The Balaban J connectivity index is 1.89. The molecule has 0 unspecified atom stereocenters. The molecule has 3 rings (SSSR count). The third kappa shape index (κ3) is 2.60. The first-order valence-corrected chi connectivity index (χ1v) is 7.23. The number of rotatable bonds is 2. The molecule has 2 aromatic heterocycles. The Hall–Kier alpha value is -1.69. The smallest absolute Gasteiger partial charge is 0.257 e. The van der Waals surface area contributed by atoms with E-state index in [0.717, 1.165) is 10.2 Å². The molecule has 0 bridgehead atoms. The van der Waals surface area contributed by atoms with Gasteiger partial charge < -0.3 is 5.32 Å². The van der Waals surface area contributed by atoms with Gasteiger partial charge in [-0.1, -0.05) is 23.2 Å². The highest BCUT2D eigenvalue weighted by Crippen LogP contribution is 2.23. The molecule has 4 nitrogen and oxygen atoms in total. The maximum atomic E-state index is 12.2. The molecule has 0 aliphatic heterocycles. The van der Waals surface area contributed by atoms with Crippen LogP contribution in [-0.4, -0.2) is 15.9 Å². The molecule has 1 amide bonds. The van der Waals surface area contributed by atoms with Crippen LogP contribution in [-0.2, 0) is 0 Å². The number of pyridine rings is 1. The summed E-state index contributed by atoms with van der Waals surface area (Å²) < 4.78 is 1.00. The summed E-state index contributed by atoms with van der Waals surface area (Å²) in [6.07, 6.45) is 1.35. The van der Waals surface area contributed by atoms with Crippen LogP contribution in [0.5, 0.6) is 0 Å². The minimum atomic E-state index is -0.330. The van der Waals surface area contributed by atoms with Crippen LogP contribution in [0.2, 0.25) is 10.2 Å². The van der Waals surface area contributed by atoms with Crippen LogP contribution >= 0.6 is 34.5 Å². The lowest BCUT2D eigenvalue weighted by Gasteiger charge is -2.06. The number of hydrogen-bond acceptors (Lipinski definition) is 4. The Morgan fingerprint density at radius 2 is 2.05 bits per heavy atom. The molecular formula is C13H7Cl2N3OS. The molecule has 0 saturated heterocycles. The van der Waals surface area contributed by atoms with Crippen LogP contribution in [0.15, 0.2) is 36.0 Å². The van der Waals surface area contributed by atoms with Crippen LogP contribution < -0.4 is 5.32 Å². The van der Waals surface area contributed by atoms with Crippen molar-refractivity contribution in [3.63, 3.8) is 0 Å². The summed E-state index contributed by atoms with van der Waals surface area (Å²) >= 11 is 13.2. The van der Waals surface area contributed by atoms with E-state index in [9.17, 15) is 4.79 Å². The number of nitrogens with zero attached hydrogens (tertiary/aromatic N) is 2. The maximum absolute atomic E-state index is 12.2. The van der Waals surface area contributed by atoms with E-state index < -0.39 is 0 Å². The number of hydrogen-bond donors (Lipinski definition) is 1. The van der Waals surface area contributed by atoms with Gasteiger partial charge in [0.25, 0.3) is 5.91 Å². The van der Waals surface area contributed by atoms with E-state index in [1.54, 1.807) is 11.6 Å². The van der Waals surface area contributed by atoms with Gasteiger partial charge in [-0.25, -0.2) is 9.97 Å². The highest BCUT2D eigenvalue weighted by atomic mass is 35.5. The Bertz CT molecular complexity index is 803. The van der Waals surface area contributed by atoms with Crippen LogP contribution in [0.4, 0.5) is 5.69 Å². The zero-order valence-corrected chi connectivity index (χ0v) is 12.3. The molecule has 1 N–H and O–H groups in total. The summed E-state index contributed by atoms with van der Waals surface area (Å²) in [7, 11) is 0. The average molecular weight is 324 g/mol. The number of fused-ring (bicyclic) bond motifs is 1. The normalized spacial score (nSPS) is 10.7. The molecule has 0 atom stereocenters. The quantitative estimate of drug-likeness (QED) is 0.717. The van der Waals surface area contributed by atoms with E-state index in [-0.39, 0.29) is 21.6 Å². The van der Waals surface area contributed by atoms with Gasteiger partial charge in [-0.3, -0.25) is 4.79 Å². The molecular weight excluding hydrogens is 317 g/mol. The van der Waals surface area contributed by atoms with Crippen molar-refractivity contribution in [1.29, 1.82) is 0 Å². The lowest BCUT2D eigenvalue weighted by Crippen LogP contribution is -2.12. The standard InChI is InChI=1S/C13H7Cl2N3OS/c14-9-5-16-12(15)4-8(9)13(19)18-7-1-2-10-11(3-7)20-6-17-10/h1-6H,(H,18,19). The lowest BCUT2D eigenvalue weighted by atomic mass is 10.2. The zero-order valence-electron chi connectivity index (χ0n) is 9.93. The Kier molecular flexibility index (Phi) is 3.56. The fourth-order valence-corrected chi connectivity index (χ4v) is 2.78. The molecule has 0 fully saturated rings. The summed E-state index contributed by atoms with van der Waals surface area (Å²) in [6.45, 7) is 0. The SMILES string of the molecule is O=C(Nc1ccc2ncsc2c1)c1cc(Cl)ncc1Cl. The molecule has 20 heavy (non-hydrogen) atoms. The van der Waals surface area contributed by atoms with Gasteiger partial charge >= 0.3 is 0 Å². The van der Waals surface area contributed by atoms with Gasteiger partial charge in [0.15, 0.2) is 0 Å². The number of carbonyl (C=O) groups excluding carboxylic acids is 1. The summed E-state index contributed by atoms with van der Waals surface area (Å²) in [6, 6.07) is 6.94. The molecule has 0 spiro atoms. The first-order valence-electron chi connectivity index (χ1n) is 5.59. The molecule has 0 aliphatic rings. The van der Waals surface area contributed by atoms with Crippen LogP contribution in [0, 0.1) is 0 Å². The van der Waals surface area contributed by atoms with E-state index in [2.05, 4.69) is 15.3 Å². The van der Waals surface area contributed by atoms with Crippen molar-refractivity contribution in [3.05, 3.63) is 51.7 Å². The Morgan fingerprint density at radius 1 is 1.20 bits per heavy atom. The number of thiazole rings is 1. The van der Waals surface area contributed by atoms with Gasteiger partial charge in [-0.2, -0.15) is 0 Å². The fraction of sp³-hybridized carbons (Fsp3) is 0. The number of nitrogens with one attached hydrogen (secondary N) is 1. The van der Waals surface area contributed by atoms with Crippen LogP contribution in [0.1, 0.15) is 10.4 Å². The molecule has 0 aliphatic carbocycles. The average Bonchev–Trinajstić information content (AvgIpc) is 2.89. The van der Waals surface area contributed by atoms with Gasteiger partial charge in [0.05, 0.1) is 26.3 Å². The van der Waals surface area contributed by atoms with Crippen molar-refractivity contribution < 1.29 is 4.79 Å². The largest absolute Gasteiger partial charge is 0.322 e. The number of carbonyl (C=O) groups is 1. The topological polar surface area (TPSA) is 54.9 Å². The first-order chi connectivity index (χ1) is 9.63. The summed E-state index contributed by atoms with van der Waals surface area (Å²) in [5, 5.41) is 3.25. The van der Waals surface area contributed by atoms with Crippen LogP contribution in [0.3, 0.4) is 0 Å². The van der Waals surface area contributed by atoms with E-state index in [1.165, 1.54) is 23.6 Å². The summed E-state index contributed by atoms with van der Waals surface area (Å²) in [4.78, 5) is 20.2. The third-order valence-corrected chi connectivity index (χ3v) is 3.96. The van der Waals surface area contributed by atoms with E-state index >= 15 is 0 Å². The van der Waals surface area contributed by atoms with E-state index in [0.29, 0.717) is 5.69 Å². The maximum Gasteiger partial charge on any atom is 0.257 e. The second-order valence-electron chi connectivity index (χ2n) is 3.98. The highest BCUT2D eigenvalue weighted by molar-refractivity contribution is 7.16. The summed E-state index contributed by atoms with van der Waals surface area (Å²) in [5.41, 5.74) is 3.63. The molecule has 2 heterocycles. The van der Waals surface area contributed by atoms with Gasteiger partial charge in [0, 0.05) is 11.9 Å². The molecule has 0 radical (unpaired) electrons. The second-order valence-corrected chi connectivity index (χ2v) is 5.66. The Labute approximate surface area is 128 Å². The molecule has 3 aromatic rings. The van der Waals surface area contributed by atoms with Crippen LogP contribution in [0.25, 0.3) is 10.2 Å². The fourth-order valence-electron chi connectivity index (χ4n) is 1.72. The monoisotopic (exact) mass is 323 g/mol. The van der Waals surface area contributed by atoms with Gasteiger partial charge in [0.2, 0.25) is 0 Å². The number of halogens is 2. The molecule has 100 valence electrons. The second kappa shape index (κ2) is 5.36. The van der Waals surface area contributed by atoms with Crippen molar-refractivity contribution >= 4 is 56.3 Å². The minimum absolute atomic E-state index is 0.220. The number of benzene rings is 1. The summed E-state index contributed by atoms with van der Waals surface area (Å²) in [5.74, 6) is -0.330. The lowest BCUT2D eigenvalue weighted by molar-refractivity contribution is 0.102. The van der Waals surface area contributed by atoms with Gasteiger partial charge in [-0.05, 0) is 24.3 Å². The first kappa shape index (κ1) is 13.3. The van der Waals surface area contributed by atoms with Crippen molar-refractivity contribution in [1.82, 2.24) is 9.97 Å². The van der Waals surface area contributed by atoms with Gasteiger partial charge in [-0.15, -0.1) is 11.3 Å². The van der Waals surface area contributed by atoms with E-state index in [4.69, 9.17) is 23.2 Å². The van der Waals surface area contributed by atoms with Gasteiger partial charge in [0.1, 0.15) is 5.15 Å². The number of aromatic nitrogens is 2. The van der Waals surface area contributed by atoms with Crippen molar-refractivity contribution in [3.8, 4) is 0 Å². The predicted octanol–water partition coefficient (Wildman–Crippen LogP) is 4.25. The molecule has 0 saturated carbocycles. The molecule has 7 heteroatoms. The Morgan fingerprint density at radius 3 is 2.90 bits per heavy atom. The highest BCUT2D eigenvalue weighted by Gasteiger charge is 2.12. The number of anilines is 1. The minimum Gasteiger partial charge on any atom is -0.322 e. The van der Waals surface area contributed by atoms with Crippen molar-refractivity contribution in [2.45, 2.75) is 0 Å². The predicted molar refractivity (Wildman–Crippen MR) is 81.8 cm³/mol.